The van der Waals surface area contributed by atoms with Crippen molar-refractivity contribution in [3.63, 3.8) is 0 Å². The Kier molecular flexibility index (Phi) is 2.82. The van der Waals surface area contributed by atoms with E-state index in [0.29, 0.717) is 29.2 Å². The number of hydrogen-bond acceptors (Lipinski definition) is 3. The lowest BCUT2D eigenvalue weighted by molar-refractivity contribution is 0.0806. The van der Waals surface area contributed by atoms with Crippen LogP contribution in [0.25, 0.3) is 10.9 Å². The number of para-hydroxylation sites is 1. The van der Waals surface area contributed by atoms with Gasteiger partial charge in [-0.05, 0) is 30.0 Å². The molecule has 2 fully saturated rings. The summed E-state index contributed by atoms with van der Waals surface area (Å²) in [6.45, 7) is 0.613. The van der Waals surface area contributed by atoms with Gasteiger partial charge in [-0.2, -0.15) is 0 Å². The van der Waals surface area contributed by atoms with Crippen molar-refractivity contribution in [2.45, 2.75) is 11.8 Å². The second-order valence-corrected chi connectivity index (χ2v) is 7.84. The van der Waals surface area contributed by atoms with Crippen molar-refractivity contribution in [3.05, 3.63) is 82.7 Å². The topological polar surface area (TPSA) is 70.2 Å². The van der Waals surface area contributed by atoms with E-state index in [1.807, 2.05) is 30.3 Å². The number of hydrogen-bond donors (Lipinski definition) is 1. The van der Waals surface area contributed by atoms with Crippen LogP contribution in [0, 0.1) is 5.92 Å². The van der Waals surface area contributed by atoms with Gasteiger partial charge < -0.3 is 9.88 Å². The maximum atomic E-state index is 13.3. The average molecular weight is 368 g/mol. The van der Waals surface area contributed by atoms with Gasteiger partial charge >= 0.3 is 0 Å². The number of aromatic nitrogens is 1. The summed E-state index contributed by atoms with van der Waals surface area (Å²) >= 11 is 0. The second kappa shape index (κ2) is 5.07. The summed E-state index contributed by atoms with van der Waals surface area (Å²) in [4.78, 5) is 42.1. The smallest absolute Gasteiger partial charge is 0.274 e. The molecule has 1 saturated carbocycles. The molecule has 2 atom stereocenters. The van der Waals surface area contributed by atoms with Gasteiger partial charge in [0, 0.05) is 40.2 Å². The normalized spacial score (nSPS) is 24.4. The highest BCUT2D eigenvalue weighted by molar-refractivity contribution is 6.10. The molecular weight excluding hydrogens is 352 g/mol. The van der Waals surface area contributed by atoms with Crippen molar-refractivity contribution in [1.82, 2.24) is 9.88 Å². The van der Waals surface area contributed by atoms with Crippen molar-refractivity contribution < 1.29 is 14.4 Å². The van der Waals surface area contributed by atoms with E-state index in [1.165, 1.54) is 0 Å². The molecule has 2 aliphatic carbocycles. The number of piperidine rings is 1. The van der Waals surface area contributed by atoms with Crippen LogP contribution in [0.3, 0.4) is 0 Å². The largest absolute Gasteiger partial charge is 0.350 e. The van der Waals surface area contributed by atoms with Gasteiger partial charge in [0.2, 0.25) is 0 Å². The molecule has 136 valence electrons. The molecule has 0 bridgehead atoms. The Hall–Kier alpha value is -3.47. The molecule has 0 radical (unpaired) electrons. The summed E-state index contributed by atoms with van der Waals surface area (Å²) in [5, 5.41) is 0.825. The highest BCUT2D eigenvalue weighted by atomic mass is 16.2. The van der Waals surface area contributed by atoms with Crippen molar-refractivity contribution in [3.8, 4) is 0 Å². The minimum Gasteiger partial charge on any atom is -0.350 e. The van der Waals surface area contributed by atoms with Gasteiger partial charge in [-0.1, -0.05) is 36.4 Å². The molecule has 2 heterocycles. The molecule has 5 heteroatoms. The highest BCUT2D eigenvalue weighted by Gasteiger charge is 2.67. The SMILES string of the molecule is O=Cc1cccc2cc(C(=O)N3C[C@H]4C[C@@]45C3=CC(=O)c3ccccc35)[nH]c12. The molecule has 3 aromatic rings. The zero-order chi connectivity index (χ0) is 19.0. The lowest BCUT2D eigenvalue weighted by Crippen LogP contribution is -2.33. The number of fused-ring (bicyclic) bond motifs is 2. The number of aromatic amines is 1. The van der Waals surface area contributed by atoms with Gasteiger partial charge in [-0.25, -0.2) is 0 Å². The van der Waals surface area contributed by atoms with Crippen LogP contribution < -0.4 is 0 Å². The summed E-state index contributed by atoms with van der Waals surface area (Å²) in [6.07, 6.45) is 3.41. The monoisotopic (exact) mass is 368 g/mol. The summed E-state index contributed by atoms with van der Waals surface area (Å²) in [5.74, 6) is 0.159. The molecule has 1 aromatic heterocycles. The Morgan fingerprint density at radius 3 is 2.89 bits per heavy atom. The van der Waals surface area contributed by atoms with Crippen molar-refractivity contribution >= 4 is 28.9 Å². The van der Waals surface area contributed by atoms with Crippen LogP contribution >= 0.6 is 0 Å². The maximum absolute atomic E-state index is 13.3. The first-order valence-corrected chi connectivity index (χ1v) is 9.38. The Morgan fingerprint density at radius 2 is 2.04 bits per heavy atom. The first kappa shape index (κ1) is 15.6. The number of amides is 1. The van der Waals surface area contributed by atoms with E-state index in [1.54, 1.807) is 29.2 Å². The molecule has 28 heavy (non-hydrogen) atoms. The standard InChI is InChI=1S/C23H16N2O3/c26-12-14-5-3-4-13-8-18(24-21(13)14)22(28)25-11-15-10-23(15)17-7-2-1-6-16(17)19(27)9-20(23)25/h1-9,12,15,24H,10-11H2/t15-,23-/m1/s1. The number of allylic oxidation sites excluding steroid dienone is 2. The highest BCUT2D eigenvalue weighted by Crippen LogP contribution is 2.66. The van der Waals surface area contributed by atoms with Crippen LogP contribution in [0.4, 0.5) is 0 Å². The zero-order valence-electron chi connectivity index (χ0n) is 14.9. The minimum atomic E-state index is -0.194. The number of H-pyrrole nitrogens is 1. The fourth-order valence-corrected chi connectivity index (χ4v) is 5.12. The summed E-state index contributed by atoms with van der Waals surface area (Å²) in [5.41, 5.74) is 4.06. The van der Waals surface area contributed by atoms with Gasteiger partial charge in [-0.3, -0.25) is 14.4 Å². The van der Waals surface area contributed by atoms with E-state index in [-0.39, 0.29) is 17.1 Å². The van der Waals surface area contributed by atoms with Crippen LogP contribution in [-0.2, 0) is 5.41 Å². The fraction of sp³-hybridized carbons (Fsp3) is 0.174. The number of ketones is 1. The quantitative estimate of drug-likeness (QED) is 0.704. The number of nitrogens with one attached hydrogen (secondary N) is 1. The first-order valence-electron chi connectivity index (χ1n) is 9.38. The molecule has 1 amide bonds. The first-order chi connectivity index (χ1) is 13.6. The van der Waals surface area contributed by atoms with E-state index in [4.69, 9.17) is 0 Å². The van der Waals surface area contributed by atoms with E-state index >= 15 is 0 Å². The van der Waals surface area contributed by atoms with Crippen molar-refractivity contribution in [2.24, 2.45) is 5.92 Å². The predicted octanol–water partition coefficient (Wildman–Crippen LogP) is 3.47. The molecule has 1 saturated heterocycles. The summed E-state index contributed by atoms with van der Waals surface area (Å²) in [7, 11) is 0. The lowest BCUT2D eigenvalue weighted by Gasteiger charge is -2.29. The predicted molar refractivity (Wildman–Crippen MR) is 103 cm³/mol. The fourth-order valence-electron chi connectivity index (χ4n) is 5.12. The molecule has 6 rings (SSSR count). The Labute approximate surface area is 160 Å². The van der Waals surface area contributed by atoms with Crippen molar-refractivity contribution in [2.75, 3.05) is 6.54 Å². The van der Waals surface area contributed by atoms with E-state index in [9.17, 15) is 14.4 Å². The second-order valence-electron chi connectivity index (χ2n) is 7.84. The molecule has 1 aliphatic heterocycles. The summed E-state index contributed by atoms with van der Waals surface area (Å²) in [6, 6.07) is 14.9. The van der Waals surface area contributed by atoms with Crippen LogP contribution in [0.5, 0.6) is 0 Å². The third kappa shape index (κ3) is 1.78. The number of carbonyl (C=O) groups is 3. The number of carbonyl (C=O) groups excluding carboxylic acids is 3. The molecule has 2 aromatic carbocycles. The van der Waals surface area contributed by atoms with Crippen LogP contribution in [0.2, 0.25) is 0 Å². The Bertz CT molecular complexity index is 1250. The Morgan fingerprint density at radius 1 is 1.18 bits per heavy atom. The van der Waals surface area contributed by atoms with Gasteiger partial charge in [0.05, 0.1) is 5.52 Å². The van der Waals surface area contributed by atoms with Gasteiger partial charge in [0.25, 0.3) is 5.91 Å². The third-order valence-corrected chi connectivity index (χ3v) is 6.49. The van der Waals surface area contributed by atoms with E-state index in [0.717, 1.165) is 34.9 Å². The van der Waals surface area contributed by atoms with E-state index < -0.39 is 0 Å². The molecule has 3 aliphatic rings. The zero-order valence-corrected chi connectivity index (χ0v) is 14.9. The number of nitrogens with zero attached hydrogens (tertiary/aromatic N) is 1. The van der Waals surface area contributed by atoms with Gasteiger partial charge in [0.15, 0.2) is 12.1 Å². The van der Waals surface area contributed by atoms with Crippen molar-refractivity contribution in [1.29, 1.82) is 0 Å². The summed E-state index contributed by atoms with van der Waals surface area (Å²) < 4.78 is 0. The molecular formula is C23H16N2O3. The molecule has 0 unspecified atom stereocenters. The molecule has 5 nitrogen and oxygen atoms in total. The Balaban J connectivity index is 1.44. The van der Waals surface area contributed by atoms with Crippen LogP contribution in [-0.4, -0.2) is 34.4 Å². The number of rotatable bonds is 2. The average Bonchev–Trinajstić information content (AvgIpc) is 3.10. The molecule has 1 N–H and O–H groups in total. The van der Waals surface area contributed by atoms with E-state index in [2.05, 4.69) is 4.98 Å². The lowest BCUT2D eigenvalue weighted by atomic mass is 9.81. The van der Waals surface area contributed by atoms with Crippen LogP contribution in [0.15, 0.2) is 60.3 Å². The molecule has 1 spiro atoms. The van der Waals surface area contributed by atoms with Gasteiger partial charge in [0.1, 0.15) is 5.69 Å². The number of benzene rings is 2. The minimum absolute atomic E-state index is 0.0403. The third-order valence-electron chi connectivity index (χ3n) is 6.49. The number of likely N-dealkylation sites (tertiary alicyclic amines) is 1. The number of aldehydes is 1. The van der Waals surface area contributed by atoms with Crippen LogP contribution in [0.1, 0.15) is 43.2 Å². The van der Waals surface area contributed by atoms with Gasteiger partial charge in [-0.15, -0.1) is 0 Å². The maximum Gasteiger partial charge on any atom is 0.274 e.